The Balaban J connectivity index is 1.50. The van der Waals surface area contributed by atoms with Crippen LogP contribution in [-0.2, 0) is 6.54 Å². The van der Waals surface area contributed by atoms with E-state index >= 15 is 0 Å². The van der Waals surface area contributed by atoms with E-state index in [9.17, 15) is 9.18 Å². The van der Waals surface area contributed by atoms with Gasteiger partial charge in [-0.2, -0.15) is 0 Å². The molecule has 1 aliphatic heterocycles. The summed E-state index contributed by atoms with van der Waals surface area (Å²) in [5.41, 5.74) is 0.375. The number of benzene rings is 1. The van der Waals surface area contributed by atoms with Crippen molar-refractivity contribution >= 4 is 10.9 Å². The second-order valence-corrected chi connectivity index (χ2v) is 7.52. The van der Waals surface area contributed by atoms with Gasteiger partial charge in [0.25, 0.3) is 5.56 Å². The molecule has 1 saturated carbocycles. The Labute approximate surface area is 147 Å². The van der Waals surface area contributed by atoms with E-state index in [4.69, 9.17) is 0 Å². The maximum atomic E-state index is 13.3. The molecule has 1 aromatic carbocycles. The fraction of sp³-hybridized carbons (Fsp3) is 0.600. The largest absolute Gasteiger partial charge is 0.299 e. The van der Waals surface area contributed by atoms with Gasteiger partial charge in [-0.3, -0.25) is 14.3 Å². The van der Waals surface area contributed by atoms with Crippen LogP contribution in [0.2, 0.25) is 0 Å². The van der Waals surface area contributed by atoms with Gasteiger partial charge in [0.15, 0.2) is 0 Å². The smallest absolute Gasteiger partial charge is 0.261 e. The molecule has 2 heterocycles. The lowest BCUT2D eigenvalue weighted by atomic mass is 9.96. The molecule has 1 aliphatic carbocycles. The fourth-order valence-corrected chi connectivity index (χ4v) is 4.63. The summed E-state index contributed by atoms with van der Waals surface area (Å²) >= 11 is 0. The summed E-state index contributed by atoms with van der Waals surface area (Å²) in [4.78, 5) is 19.6. The van der Waals surface area contributed by atoms with E-state index in [0.29, 0.717) is 23.5 Å². The topological polar surface area (TPSA) is 38.1 Å². The average Bonchev–Trinajstić information content (AvgIpc) is 3.16. The third-order valence-electron chi connectivity index (χ3n) is 5.96. The third kappa shape index (κ3) is 3.47. The lowest BCUT2D eigenvalue weighted by Crippen LogP contribution is -2.45. The Morgan fingerprint density at radius 2 is 1.92 bits per heavy atom. The van der Waals surface area contributed by atoms with Gasteiger partial charge < -0.3 is 0 Å². The van der Waals surface area contributed by atoms with Crippen LogP contribution in [0.5, 0.6) is 0 Å². The Bertz CT molecular complexity index is 797. The van der Waals surface area contributed by atoms with Gasteiger partial charge >= 0.3 is 0 Å². The van der Waals surface area contributed by atoms with Gasteiger partial charge in [0, 0.05) is 24.7 Å². The van der Waals surface area contributed by atoms with Crippen LogP contribution in [0, 0.1) is 5.82 Å². The Kier molecular flexibility index (Phi) is 4.84. The SMILES string of the molecule is O=c1c2ccc(F)cc2ncn1CCC1CCCCN1C1CCCC1. The van der Waals surface area contributed by atoms with E-state index < -0.39 is 0 Å². The average molecular weight is 343 g/mol. The quantitative estimate of drug-likeness (QED) is 0.849. The summed E-state index contributed by atoms with van der Waals surface area (Å²) in [7, 11) is 0. The number of hydrogen-bond donors (Lipinski definition) is 0. The van der Waals surface area contributed by atoms with E-state index in [1.54, 1.807) is 17.0 Å². The van der Waals surface area contributed by atoms with Crippen LogP contribution in [0.3, 0.4) is 0 Å². The van der Waals surface area contributed by atoms with Gasteiger partial charge in [0.05, 0.1) is 17.2 Å². The van der Waals surface area contributed by atoms with E-state index in [2.05, 4.69) is 9.88 Å². The van der Waals surface area contributed by atoms with Crippen molar-refractivity contribution in [2.75, 3.05) is 6.54 Å². The molecule has 2 aliphatic rings. The van der Waals surface area contributed by atoms with Crippen LogP contribution >= 0.6 is 0 Å². The number of halogens is 1. The standard InChI is InChI=1S/C20H26FN3O/c21-15-8-9-18-19(13-15)22-14-23(20(18)25)12-10-17-7-3-4-11-24(17)16-5-1-2-6-16/h8-9,13-14,16-17H,1-7,10-12H2. The highest BCUT2D eigenvalue weighted by Gasteiger charge is 2.30. The predicted octanol–water partition coefficient (Wildman–Crippen LogP) is 3.72. The van der Waals surface area contributed by atoms with E-state index in [-0.39, 0.29) is 11.4 Å². The van der Waals surface area contributed by atoms with Crippen molar-refractivity contribution in [2.24, 2.45) is 0 Å². The molecular formula is C20H26FN3O. The summed E-state index contributed by atoms with van der Waals surface area (Å²) in [6, 6.07) is 5.53. The zero-order chi connectivity index (χ0) is 17.2. The van der Waals surface area contributed by atoms with E-state index in [1.807, 2.05) is 0 Å². The number of hydrogen-bond acceptors (Lipinski definition) is 3. The molecule has 0 amide bonds. The van der Waals surface area contributed by atoms with Crippen LogP contribution in [0.4, 0.5) is 4.39 Å². The zero-order valence-electron chi connectivity index (χ0n) is 14.7. The minimum atomic E-state index is -0.355. The van der Waals surface area contributed by atoms with Crippen LogP contribution < -0.4 is 5.56 Å². The molecule has 0 N–H and O–H groups in total. The summed E-state index contributed by atoms with van der Waals surface area (Å²) in [6.07, 6.45) is 11.8. The van der Waals surface area contributed by atoms with Crippen LogP contribution in [0.25, 0.3) is 10.9 Å². The van der Waals surface area contributed by atoms with Crippen molar-refractivity contribution < 1.29 is 4.39 Å². The summed E-state index contributed by atoms with van der Waals surface area (Å²) in [5.74, 6) is -0.355. The molecule has 25 heavy (non-hydrogen) atoms. The van der Waals surface area contributed by atoms with Crippen molar-refractivity contribution in [3.63, 3.8) is 0 Å². The molecule has 2 aromatic rings. The fourth-order valence-electron chi connectivity index (χ4n) is 4.63. The maximum absolute atomic E-state index is 13.3. The lowest BCUT2D eigenvalue weighted by Gasteiger charge is -2.40. The minimum absolute atomic E-state index is 0.0618. The number of piperidine rings is 1. The molecule has 5 heteroatoms. The molecule has 4 nitrogen and oxygen atoms in total. The normalized spacial score (nSPS) is 22.7. The van der Waals surface area contributed by atoms with E-state index in [1.165, 1.54) is 63.6 Å². The third-order valence-corrected chi connectivity index (χ3v) is 5.96. The van der Waals surface area contributed by atoms with Crippen molar-refractivity contribution in [1.82, 2.24) is 14.5 Å². The molecule has 0 spiro atoms. The van der Waals surface area contributed by atoms with Crippen LogP contribution in [0.1, 0.15) is 51.4 Å². The highest BCUT2D eigenvalue weighted by molar-refractivity contribution is 5.77. The molecule has 0 bridgehead atoms. The molecule has 1 saturated heterocycles. The van der Waals surface area contributed by atoms with Crippen LogP contribution in [-0.4, -0.2) is 33.1 Å². The highest BCUT2D eigenvalue weighted by Crippen LogP contribution is 2.30. The van der Waals surface area contributed by atoms with Crippen molar-refractivity contribution in [3.05, 3.63) is 40.7 Å². The minimum Gasteiger partial charge on any atom is -0.299 e. The first-order chi connectivity index (χ1) is 12.2. The molecule has 2 fully saturated rings. The Hall–Kier alpha value is -1.75. The number of aromatic nitrogens is 2. The van der Waals surface area contributed by atoms with Gasteiger partial charge in [-0.1, -0.05) is 19.3 Å². The molecule has 1 atom stereocenters. The molecule has 0 radical (unpaired) electrons. The maximum Gasteiger partial charge on any atom is 0.261 e. The van der Waals surface area contributed by atoms with Crippen molar-refractivity contribution in [2.45, 2.75) is 70.0 Å². The number of nitrogens with zero attached hydrogens (tertiary/aromatic N) is 3. The van der Waals surface area contributed by atoms with Crippen molar-refractivity contribution in [3.8, 4) is 0 Å². The Morgan fingerprint density at radius 3 is 2.76 bits per heavy atom. The molecular weight excluding hydrogens is 317 g/mol. The van der Waals surface area contributed by atoms with Crippen molar-refractivity contribution in [1.29, 1.82) is 0 Å². The van der Waals surface area contributed by atoms with Gasteiger partial charge in [0.2, 0.25) is 0 Å². The number of aryl methyl sites for hydroxylation is 1. The van der Waals surface area contributed by atoms with Crippen LogP contribution in [0.15, 0.2) is 29.3 Å². The van der Waals surface area contributed by atoms with E-state index in [0.717, 1.165) is 12.5 Å². The van der Waals surface area contributed by atoms with Gasteiger partial charge in [-0.15, -0.1) is 0 Å². The lowest BCUT2D eigenvalue weighted by molar-refractivity contribution is 0.0880. The zero-order valence-corrected chi connectivity index (χ0v) is 14.7. The molecule has 1 aromatic heterocycles. The summed E-state index contributed by atoms with van der Waals surface area (Å²) < 4.78 is 15.0. The molecule has 4 rings (SSSR count). The highest BCUT2D eigenvalue weighted by atomic mass is 19.1. The second kappa shape index (κ2) is 7.24. The molecule has 1 unspecified atom stereocenters. The van der Waals surface area contributed by atoms with Gasteiger partial charge in [-0.25, -0.2) is 9.37 Å². The number of likely N-dealkylation sites (tertiary alicyclic amines) is 1. The Morgan fingerprint density at radius 1 is 1.12 bits per heavy atom. The number of rotatable bonds is 4. The van der Waals surface area contributed by atoms with Gasteiger partial charge in [0.1, 0.15) is 5.82 Å². The molecule has 134 valence electrons. The van der Waals surface area contributed by atoms with Gasteiger partial charge in [-0.05, 0) is 50.8 Å². The summed E-state index contributed by atoms with van der Waals surface area (Å²) in [6.45, 7) is 1.90. The first-order valence-corrected chi connectivity index (χ1v) is 9.63. The predicted molar refractivity (Wildman–Crippen MR) is 97.2 cm³/mol. The second-order valence-electron chi connectivity index (χ2n) is 7.52. The first-order valence-electron chi connectivity index (χ1n) is 9.63. The summed E-state index contributed by atoms with van der Waals surface area (Å²) in [5, 5.41) is 0.500. The number of fused-ring (bicyclic) bond motifs is 1. The first kappa shape index (κ1) is 16.7. The monoisotopic (exact) mass is 343 g/mol.